The molecule has 1 aliphatic rings. The Balaban J connectivity index is 1.57. The molecule has 1 heterocycles. The van der Waals surface area contributed by atoms with Crippen molar-refractivity contribution in [3.63, 3.8) is 0 Å². The van der Waals surface area contributed by atoms with Gasteiger partial charge in [0.25, 0.3) is 0 Å². The van der Waals surface area contributed by atoms with Crippen LogP contribution in [0.2, 0.25) is 0 Å². The first-order valence-electron chi connectivity index (χ1n) is 10.9. The Kier molecular flexibility index (Phi) is 7.72. The van der Waals surface area contributed by atoms with Crippen molar-refractivity contribution in [3.05, 3.63) is 95.6 Å². The standard InChI is InChI=1S/C27H24N2O4S/c28-15-19-6-10-21(11-7-19)32-23-17-34-24(14-18-4-2-1-3-5-18)27(26(31)25(23)30)33-22-12-8-20(16-29)9-13-22/h1-13,23-27,30-31H,14,17H2. The molecule has 4 rings (SSSR count). The Morgan fingerprint density at radius 3 is 1.88 bits per heavy atom. The molecule has 5 unspecified atom stereocenters. The van der Waals surface area contributed by atoms with E-state index < -0.39 is 24.4 Å². The fourth-order valence-corrected chi connectivity index (χ4v) is 5.28. The zero-order valence-electron chi connectivity index (χ0n) is 18.3. The highest BCUT2D eigenvalue weighted by atomic mass is 32.2. The smallest absolute Gasteiger partial charge is 0.139 e. The normalized spacial score (nSPS) is 24.3. The summed E-state index contributed by atoms with van der Waals surface area (Å²) in [6, 6.07) is 27.4. The van der Waals surface area contributed by atoms with Crippen LogP contribution in [0.1, 0.15) is 16.7 Å². The number of thioether (sulfide) groups is 1. The van der Waals surface area contributed by atoms with E-state index in [9.17, 15) is 10.2 Å². The van der Waals surface area contributed by atoms with Crippen molar-refractivity contribution in [2.45, 2.75) is 36.1 Å². The van der Waals surface area contributed by atoms with Gasteiger partial charge in [0.15, 0.2) is 0 Å². The molecule has 34 heavy (non-hydrogen) atoms. The van der Waals surface area contributed by atoms with Crippen LogP contribution in [0.5, 0.6) is 11.5 Å². The van der Waals surface area contributed by atoms with Crippen LogP contribution in [0.3, 0.4) is 0 Å². The quantitative estimate of drug-likeness (QED) is 0.563. The van der Waals surface area contributed by atoms with Crippen molar-refractivity contribution in [2.75, 3.05) is 5.75 Å². The predicted octanol–water partition coefficient (Wildman–Crippen LogP) is 3.70. The zero-order valence-corrected chi connectivity index (χ0v) is 19.1. The summed E-state index contributed by atoms with van der Waals surface area (Å²) < 4.78 is 12.2. The van der Waals surface area contributed by atoms with E-state index >= 15 is 0 Å². The molecule has 0 radical (unpaired) electrons. The van der Waals surface area contributed by atoms with Gasteiger partial charge in [0, 0.05) is 11.0 Å². The van der Waals surface area contributed by atoms with Gasteiger partial charge in [0.1, 0.15) is 35.9 Å². The zero-order chi connectivity index (χ0) is 23.9. The molecule has 2 N–H and O–H groups in total. The lowest BCUT2D eigenvalue weighted by molar-refractivity contribution is -0.0822. The highest BCUT2D eigenvalue weighted by molar-refractivity contribution is 8.00. The van der Waals surface area contributed by atoms with Gasteiger partial charge in [-0.2, -0.15) is 22.3 Å². The second-order valence-corrected chi connectivity index (χ2v) is 9.33. The fraction of sp³-hybridized carbons (Fsp3) is 0.259. The maximum Gasteiger partial charge on any atom is 0.139 e. The first-order valence-corrected chi connectivity index (χ1v) is 12.0. The Morgan fingerprint density at radius 2 is 1.32 bits per heavy atom. The number of hydrogen-bond acceptors (Lipinski definition) is 7. The van der Waals surface area contributed by atoms with E-state index in [1.54, 1.807) is 60.3 Å². The Bertz CT molecular complexity index is 1160. The number of nitriles is 2. The van der Waals surface area contributed by atoms with E-state index in [4.69, 9.17) is 20.0 Å². The minimum Gasteiger partial charge on any atom is -0.487 e. The van der Waals surface area contributed by atoms with Crippen molar-refractivity contribution in [1.29, 1.82) is 10.5 Å². The summed E-state index contributed by atoms with van der Waals surface area (Å²) in [5.41, 5.74) is 2.13. The molecule has 0 spiro atoms. The van der Waals surface area contributed by atoms with Crippen LogP contribution < -0.4 is 9.47 Å². The molecule has 5 atom stereocenters. The van der Waals surface area contributed by atoms with Gasteiger partial charge >= 0.3 is 0 Å². The molecule has 7 heteroatoms. The van der Waals surface area contributed by atoms with Crippen LogP contribution in [0.25, 0.3) is 0 Å². The molecule has 0 aromatic heterocycles. The molecular formula is C27H24N2O4S. The summed E-state index contributed by atoms with van der Waals surface area (Å²) in [7, 11) is 0. The van der Waals surface area contributed by atoms with Gasteiger partial charge < -0.3 is 19.7 Å². The topological polar surface area (TPSA) is 106 Å². The van der Waals surface area contributed by atoms with Crippen LogP contribution in [-0.2, 0) is 6.42 Å². The van der Waals surface area contributed by atoms with E-state index in [2.05, 4.69) is 12.1 Å². The molecular weight excluding hydrogens is 448 g/mol. The summed E-state index contributed by atoms with van der Waals surface area (Å²) in [6.07, 6.45) is -3.13. The van der Waals surface area contributed by atoms with Gasteiger partial charge in [0.05, 0.1) is 23.3 Å². The first kappa shape index (κ1) is 23.7. The third kappa shape index (κ3) is 5.70. The molecule has 1 saturated heterocycles. The van der Waals surface area contributed by atoms with Crippen molar-refractivity contribution in [3.8, 4) is 23.6 Å². The van der Waals surface area contributed by atoms with Crippen molar-refractivity contribution in [2.24, 2.45) is 0 Å². The Labute approximate surface area is 203 Å². The van der Waals surface area contributed by atoms with Gasteiger partial charge in [-0.1, -0.05) is 30.3 Å². The summed E-state index contributed by atoms with van der Waals surface area (Å²) in [4.78, 5) is 0. The summed E-state index contributed by atoms with van der Waals surface area (Å²) in [6.45, 7) is 0. The number of ether oxygens (including phenoxy) is 2. The van der Waals surface area contributed by atoms with Crippen molar-refractivity contribution >= 4 is 11.8 Å². The summed E-state index contributed by atoms with van der Waals surface area (Å²) in [5.74, 6) is 1.48. The summed E-state index contributed by atoms with van der Waals surface area (Å²) in [5, 5.41) is 40.1. The van der Waals surface area contributed by atoms with Gasteiger partial charge in [-0.3, -0.25) is 0 Å². The molecule has 1 fully saturated rings. The lowest BCUT2D eigenvalue weighted by Gasteiger charge is -2.31. The maximum atomic E-state index is 11.2. The number of hydrogen-bond donors (Lipinski definition) is 2. The first-order chi connectivity index (χ1) is 16.6. The minimum absolute atomic E-state index is 0.155. The molecule has 3 aromatic carbocycles. The summed E-state index contributed by atoms with van der Waals surface area (Å²) >= 11 is 1.58. The lowest BCUT2D eigenvalue weighted by atomic mass is 9.97. The van der Waals surface area contributed by atoms with E-state index in [0.29, 0.717) is 34.8 Å². The number of rotatable bonds is 6. The largest absolute Gasteiger partial charge is 0.487 e. The van der Waals surface area contributed by atoms with E-state index in [-0.39, 0.29) is 5.25 Å². The van der Waals surface area contributed by atoms with Crippen molar-refractivity contribution in [1.82, 2.24) is 0 Å². The molecule has 6 nitrogen and oxygen atoms in total. The van der Waals surface area contributed by atoms with Gasteiger partial charge in [-0.05, 0) is 60.5 Å². The highest BCUT2D eigenvalue weighted by Crippen LogP contribution is 2.33. The van der Waals surface area contributed by atoms with Gasteiger partial charge in [0.2, 0.25) is 0 Å². The molecule has 0 bridgehead atoms. The van der Waals surface area contributed by atoms with E-state index in [0.717, 1.165) is 5.56 Å². The molecule has 172 valence electrons. The van der Waals surface area contributed by atoms with Crippen LogP contribution in [0.15, 0.2) is 78.9 Å². The minimum atomic E-state index is -1.21. The van der Waals surface area contributed by atoms with Crippen LogP contribution >= 0.6 is 11.8 Å². The molecule has 0 aliphatic carbocycles. The molecule has 1 aliphatic heterocycles. The molecule has 3 aromatic rings. The van der Waals surface area contributed by atoms with Gasteiger partial charge in [-0.25, -0.2) is 0 Å². The van der Waals surface area contributed by atoms with Gasteiger partial charge in [-0.15, -0.1) is 0 Å². The number of aliphatic hydroxyl groups is 2. The monoisotopic (exact) mass is 472 g/mol. The molecule has 0 saturated carbocycles. The van der Waals surface area contributed by atoms with Crippen LogP contribution in [0.4, 0.5) is 0 Å². The van der Waals surface area contributed by atoms with E-state index in [1.165, 1.54) is 0 Å². The highest BCUT2D eigenvalue weighted by Gasteiger charge is 2.43. The number of nitrogens with zero attached hydrogens (tertiary/aromatic N) is 2. The van der Waals surface area contributed by atoms with Crippen LogP contribution in [0, 0.1) is 22.7 Å². The van der Waals surface area contributed by atoms with Crippen LogP contribution in [-0.4, -0.2) is 45.6 Å². The fourth-order valence-electron chi connectivity index (χ4n) is 3.86. The number of benzene rings is 3. The Hall–Kier alpha value is -3.49. The SMILES string of the molecule is N#Cc1ccc(OC2CSC(Cc3ccccc3)C(Oc3ccc(C#N)cc3)C(O)C2O)cc1. The lowest BCUT2D eigenvalue weighted by Crippen LogP contribution is -2.50. The van der Waals surface area contributed by atoms with E-state index in [1.807, 2.05) is 30.3 Å². The van der Waals surface area contributed by atoms with Crippen molar-refractivity contribution < 1.29 is 19.7 Å². The second-order valence-electron chi connectivity index (χ2n) is 8.05. The maximum absolute atomic E-state index is 11.2. The average Bonchev–Trinajstić information content (AvgIpc) is 2.98. The third-order valence-corrected chi connectivity index (χ3v) is 7.10. The average molecular weight is 473 g/mol. The third-order valence-electron chi connectivity index (χ3n) is 5.71. The Morgan fingerprint density at radius 1 is 0.765 bits per heavy atom. The molecule has 0 amide bonds. The predicted molar refractivity (Wildman–Crippen MR) is 130 cm³/mol. The second kappa shape index (κ2) is 11.1. The number of aliphatic hydroxyl groups excluding tert-OH is 2.